The molecule has 3 rings (SSSR count). The highest BCUT2D eigenvalue weighted by atomic mass is 16.5. The van der Waals surface area contributed by atoms with Gasteiger partial charge in [0.2, 0.25) is 0 Å². The van der Waals surface area contributed by atoms with E-state index in [0.29, 0.717) is 28.2 Å². The molecule has 0 aliphatic carbocycles. The van der Waals surface area contributed by atoms with E-state index in [4.69, 9.17) is 9.47 Å². The zero-order chi connectivity index (χ0) is 20.1. The summed E-state index contributed by atoms with van der Waals surface area (Å²) in [6.07, 6.45) is 1.70. The summed E-state index contributed by atoms with van der Waals surface area (Å²) in [5.41, 5.74) is 3.60. The lowest BCUT2D eigenvalue weighted by Gasteiger charge is -2.10. The Bertz CT molecular complexity index is 1020. The number of ether oxygens (including phenoxy) is 2. The maximum Gasteiger partial charge on any atom is 0.343 e. The molecule has 4 heteroatoms. The van der Waals surface area contributed by atoms with E-state index in [9.17, 15) is 9.59 Å². The van der Waals surface area contributed by atoms with Crippen LogP contribution in [-0.2, 0) is 0 Å². The molecule has 0 bridgehead atoms. The summed E-state index contributed by atoms with van der Waals surface area (Å²) in [4.78, 5) is 24.5. The van der Waals surface area contributed by atoms with Crippen molar-refractivity contribution < 1.29 is 19.1 Å². The predicted octanol–water partition coefficient (Wildman–Crippen LogP) is 5.38. The topological polar surface area (TPSA) is 52.6 Å². The Morgan fingerprint density at radius 1 is 0.786 bits per heavy atom. The monoisotopic (exact) mass is 372 g/mol. The zero-order valence-corrected chi connectivity index (χ0v) is 15.8. The molecule has 3 aromatic carbocycles. The lowest BCUT2D eigenvalue weighted by Crippen LogP contribution is -2.10. The van der Waals surface area contributed by atoms with E-state index < -0.39 is 11.9 Å². The number of rotatable bonds is 5. The summed E-state index contributed by atoms with van der Waals surface area (Å²) in [5, 5.41) is 0. The average Bonchev–Trinajstić information content (AvgIpc) is 2.70. The molecular weight excluding hydrogens is 352 g/mol. The summed E-state index contributed by atoms with van der Waals surface area (Å²) in [7, 11) is 0. The Hall–Kier alpha value is -3.66. The third kappa shape index (κ3) is 4.54. The zero-order valence-electron chi connectivity index (χ0n) is 15.8. The van der Waals surface area contributed by atoms with Gasteiger partial charge in [-0.25, -0.2) is 9.59 Å². The van der Waals surface area contributed by atoms with Crippen LogP contribution in [0.3, 0.4) is 0 Å². The van der Waals surface area contributed by atoms with Crippen LogP contribution < -0.4 is 9.47 Å². The van der Waals surface area contributed by atoms with E-state index in [1.807, 2.05) is 19.1 Å². The summed E-state index contributed by atoms with van der Waals surface area (Å²) >= 11 is 0. The van der Waals surface area contributed by atoms with Crippen molar-refractivity contribution in [3.05, 3.63) is 101 Å². The molecular formula is C24H20O4. The normalized spacial score (nSPS) is 10.2. The second-order valence-corrected chi connectivity index (χ2v) is 6.40. The maximum atomic E-state index is 12.3. The number of hydrogen-bond donors (Lipinski definition) is 0. The lowest BCUT2D eigenvalue weighted by molar-refractivity contribution is 0.0718. The van der Waals surface area contributed by atoms with Crippen molar-refractivity contribution in [1.29, 1.82) is 0 Å². The first kappa shape index (κ1) is 19.1. The molecule has 4 nitrogen and oxygen atoms in total. The molecule has 140 valence electrons. The van der Waals surface area contributed by atoms with Gasteiger partial charge in [0.1, 0.15) is 11.5 Å². The molecule has 0 aliphatic rings. The highest BCUT2D eigenvalue weighted by Crippen LogP contribution is 2.25. The first-order valence-electron chi connectivity index (χ1n) is 8.80. The third-order valence-corrected chi connectivity index (χ3v) is 4.23. The van der Waals surface area contributed by atoms with Crippen molar-refractivity contribution in [2.24, 2.45) is 0 Å². The molecule has 0 N–H and O–H groups in total. The molecule has 3 aromatic rings. The van der Waals surface area contributed by atoms with Crippen LogP contribution in [0.5, 0.6) is 11.5 Å². The molecule has 0 fully saturated rings. The van der Waals surface area contributed by atoms with Gasteiger partial charge in [-0.1, -0.05) is 42.5 Å². The van der Waals surface area contributed by atoms with E-state index >= 15 is 0 Å². The first-order valence-corrected chi connectivity index (χ1v) is 8.80. The summed E-state index contributed by atoms with van der Waals surface area (Å²) in [5.74, 6) is -0.0966. The van der Waals surface area contributed by atoms with Gasteiger partial charge in [0.05, 0.1) is 11.1 Å². The number of hydrogen-bond acceptors (Lipinski definition) is 4. The molecule has 0 saturated carbocycles. The molecule has 0 unspecified atom stereocenters. The van der Waals surface area contributed by atoms with Gasteiger partial charge in [-0.2, -0.15) is 0 Å². The van der Waals surface area contributed by atoms with Crippen LogP contribution >= 0.6 is 0 Å². The summed E-state index contributed by atoms with van der Waals surface area (Å²) in [6.45, 7) is 7.42. The minimum absolute atomic E-state index is 0.380. The van der Waals surface area contributed by atoms with Crippen LogP contribution in [-0.4, -0.2) is 11.9 Å². The Labute approximate surface area is 164 Å². The van der Waals surface area contributed by atoms with Gasteiger partial charge in [0.25, 0.3) is 0 Å². The molecule has 0 atom stereocenters. The smallest absolute Gasteiger partial charge is 0.343 e. The van der Waals surface area contributed by atoms with Crippen LogP contribution in [0.1, 0.15) is 37.4 Å². The summed E-state index contributed by atoms with van der Waals surface area (Å²) in [6, 6.07) is 19.0. The number of carbonyl (C=O) groups excluding carboxylic acids is 2. The van der Waals surface area contributed by atoms with E-state index in [1.165, 1.54) is 0 Å². The number of carbonyl (C=O) groups is 2. The van der Waals surface area contributed by atoms with Crippen molar-refractivity contribution in [1.82, 2.24) is 0 Å². The Morgan fingerprint density at radius 3 is 1.93 bits per heavy atom. The van der Waals surface area contributed by atoms with Gasteiger partial charge in [0, 0.05) is 0 Å². The largest absolute Gasteiger partial charge is 0.423 e. The van der Waals surface area contributed by atoms with Crippen LogP contribution in [0.2, 0.25) is 0 Å². The van der Waals surface area contributed by atoms with Crippen LogP contribution in [0.25, 0.3) is 6.08 Å². The van der Waals surface area contributed by atoms with Gasteiger partial charge in [0.15, 0.2) is 0 Å². The van der Waals surface area contributed by atoms with Gasteiger partial charge in [-0.3, -0.25) is 0 Å². The van der Waals surface area contributed by atoms with Gasteiger partial charge in [-0.05, 0) is 67.4 Å². The molecule has 0 heterocycles. The molecule has 0 spiro atoms. The van der Waals surface area contributed by atoms with E-state index in [0.717, 1.165) is 11.1 Å². The minimum Gasteiger partial charge on any atom is -0.423 e. The van der Waals surface area contributed by atoms with Crippen molar-refractivity contribution in [2.75, 3.05) is 0 Å². The van der Waals surface area contributed by atoms with Crippen LogP contribution in [0.4, 0.5) is 0 Å². The Kier molecular flexibility index (Phi) is 5.70. The summed E-state index contributed by atoms with van der Waals surface area (Å²) < 4.78 is 10.9. The average molecular weight is 372 g/mol. The number of benzene rings is 3. The highest BCUT2D eigenvalue weighted by Gasteiger charge is 2.13. The van der Waals surface area contributed by atoms with Crippen molar-refractivity contribution >= 4 is 18.0 Å². The van der Waals surface area contributed by atoms with Gasteiger partial charge in [-0.15, -0.1) is 0 Å². The SMILES string of the molecule is C=Cc1ccc(C(=O)Oc2ccc(OC(=O)c3ccc(C)cc3)c(C)c2)cc1. The Balaban J connectivity index is 1.69. The first-order chi connectivity index (χ1) is 13.5. The molecule has 0 radical (unpaired) electrons. The van der Waals surface area contributed by atoms with E-state index in [1.54, 1.807) is 67.6 Å². The van der Waals surface area contributed by atoms with Crippen molar-refractivity contribution in [3.8, 4) is 11.5 Å². The quantitative estimate of drug-likeness (QED) is 0.445. The number of esters is 2. The fourth-order valence-corrected chi connectivity index (χ4v) is 2.57. The molecule has 28 heavy (non-hydrogen) atoms. The van der Waals surface area contributed by atoms with Crippen LogP contribution in [0, 0.1) is 13.8 Å². The number of aryl methyl sites for hydroxylation is 2. The second kappa shape index (κ2) is 8.35. The lowest BCUT2D eigenvalue weighted by atomic mass is 10.1. The molecule has 0 saturated heterocycles. The standard InChI is InChI=1S/C24H20O4/c1-4-18-7-11-20(12-8-18)23(25)27-21-13-14-22(17(3)15-21)28-24(26)19-9-5-16(2)6-10-19/h4-15H,1H2,2-3H3. The van der Waals surface area contributed by atoms with Gasteiger partial charge < -0.3 is 9.47 Å². The van der Waals surface area contributed by atoms with Crippen molar-refractivity contribution in [3.63, 3.8) is 0 Å². The fraction of sp³-hybridized carbons (Fsp3) is 0.0833. The predicted molar refractivity (Wildman–Crippen MR) is 109 cm³/mol. The molecule has 0 aliphatic heterocycles. The van der Waals surface area contributed by atoms with E-state index in [2.05, 4.69) is 6.58 Å². The van der Waals surface area contributed by atoms with Crippen LogP contribution in [0.15, 0.2) is 73.3 Å². The second-order valence-electron chi connectivity index (χ2n) is 6.40. The minimum atomic E-state index is -0.459. The third-order valence-electron chi connectivity index (χ3n) is 4.23. The van der Waals surface area contributed by atoms with Crippen molar-refractivity contribution in [2.45, 2.75) is 13.8 Å². The molecule has 0 amide bonds. The molecule has 0 aromatic heterocycles. The highest BCUT2D eigenvalue weighted by molar-refractivity contribution is 5.92. The fourth-order valence-electron chi connectivity index (χ4n) is 2.57. The Morgan fingerprint density at radius 2 is 1.36 bits per heavy atom. The van der Waals surface area contributed by atoms with E-state index in [-0.39, 0.29) is 0 Å². The van der Waals surface area contributed by atoms with Gasteiger partial charge >= 0.3 is 11.9 Å². The maximum absolute atomic E-state index is 12.3.